The average molecular weight is 322 g/mol. The van der Waals surface area contributed by atoms with Crippen molar-refractivity contribution in [2.75, 3.05) is 11.4 Å². The molecule has 0 fully saturated rings. The molecule has 0 aliphatic carbocycles. The van der Waals surface area contributed by atoms with Crippen LogP contribution in [0.25, 0.3) is 0 Å². The van der Waals surface area contributed by atoms with Crippen LogP contribution in [0.5, 0.6) is 0 Å². The van der Waals surface area contributed by atoms with Gasteiger partial charge in [-0.2, -0.15) is 26.3 Å². The van der Waals surface area contributed by atoms with Crippen molar-refractivity contribution >= 4 is 5.69 Å². The Morgan fingerprint density at radius 3 is 2.18 bits per heavy atom. The molecule has 0 spiro atoms. The highest BCUT2D eigenvalue weighted by molar-refractivity contribution is 5.61. The Morgan fingerprint density at radius 1 is 1.00 bits per heavy atom. The second kappa shape index (κ2) is 5.33. The van der Waals surface area contributed by atoms with Crippen molar-refractivity contribution in [1.29, 1.82) is 0 Å². The van der Waals surface area contributed by atoms with Crippen LogP contribution in [0.1, 0.15) is 18.2 Å². The van der Waals surface area contributed by atoms with E-state index in [4.69, 9.17) is 0 Å². The molecule has 0 saturated carbocycles. The van der Waals surface area contributed by atoms with Crippen molar-refractivity contribution in [2.24, 2.45) is 0 Å². The van der Waals surface area contributed by atoms with Crippen LogP contribution < -0.4 is 4.90 Å². The molecule has 1 aliphatic rings. The van der Waals surface area contributed by atoms with E-state index in [2.05, 4.69) is 4.98 Å². The number of rotatable bonds is 1. The summed E-state index contributed by atoms with van der Waals surface area (Å²) in [5.74, 6) is 0. The Hall–Kier alpha value is -1.99. The smallest absolute Gasteiger partial charge is 0.333 e. The maximum Gasteiger partial charge on any atom is 0.433 e. The first kappa shape index (κ1) is 16.4. The van der Waals surface area contributed by atoms with Crippen molar-refractivity contribution in [3.63, 3.8) is 0 Å². The van der Waals surface area contributed by atoms with Gasteiger partial charge in [-0.25, -0.2) is 0 Å². The summed E-state index contributed by atoms with van der Waals surface area (Å²) >= 11 is 0. The number of alkyl halides is 6. The van der Waals surface area contributed by atoms with Crippen LogP contribution in [0.2, 0.25) is 0 Å². The monoisotopic (exact) mass is 322 g/mol. The summed E-state index contributed by atoms with van der Waals surface area (Å²) in [7, 11) is 0. The lowest BCUT2D eigenvalue weighted by molar-refractivity contribution is -0.141. The lowest BCUT2D eigenvalue weighted by atomic mass is 10.1. The molecule has 1 aromatic heterocycles. The predicted molar refractivity (Wildman–Crippen MR) is 69.2 cm³/mol. The maximum absolute atomic E-state index is 13.1. The lowest BCUT2D eigenvalue weighted by Gasteiger charge is -2.32. The molecule has 0 unspecified atom stereocenters. The molecule has 0 atom stereocenters. The molecule has 120 valence electrons. The van der Waals surface area contributed by atoms with Crippen molar-refractivity contribution in [2.45, 2.75) is 26.2 Å². The standard InChI is InChI=1S/C14H12F6N2/c1-8-3-4-12(14(18,19)20)22(7-8)10-5-11(13(15,16)17)21-6-9(10)2/h3-6H,7H2,1-2H3. The van der Waals surface area contributed by atoms with Crippen LogP contribution in [0.15, 0.2) is 35.7 Å². The van der Waals surface area contributed by atoms with E-state index in [-0.39, 0.29) is 17.8 Å². The van der Waals surface area contributed by atoms with Gasteiger partial charge >= 0.3 is 12.4 Å². The zero-order chi connectivity index (χ0) is 16.7. The SMILES string of the molecule is CC1=CC=C(C(F)(F)F)N(c2cc(C(F)(F)F)ncc2C)C1. The molecule has 8 heteroatoms. The third kappa shape index (κ3) is 3.26. The van der Waals surface area contributed by atoms with Crippen molar-refractivity contribution in [3.8, 4) is 0 Å². The molecular weight excluding hydrogens is 310 g/mol. The van der Waals surface area contributed by atoms with Gasteiger partial charge in [-0.05, 0) is 31.6 Å². The van der Waals surface area contributed by atoms with Crippen LogP contribution in [0.3, 0.4) is 0 Å². The van der Waals surface area contributed by atoms with Crippen molar-refractivity contribution in [3.05, 3.63) is 46.9 Å². The molecule has 2 rings (SSSR count). The Kier molecular flexibility index (Phi) is 3.97. The van der Waals surface area contributed by atoms with Crippen LogP contribution >= 0.6 is 0 Å². The molecular formula is C14H12F6N2. The van der Waals surface area contributed by atoms with E-state index in [0.717, 1.165) is 17.2 Å². The van der Waals surface area contributed by atoms with Gasteiger partial charge in [-0.1, -0.05) is 11.6 Å². The zero-order valence-corrected chi connectivity index (χ0v) is 11.7. The molecule has 0 saturated heterocycles. The summed E-state index contributed by atoms with van der Waals surface area (Å²) in [5, 5.41) is 0. The number of hydrogen-bond acceptors (Lipinski definition) is 2. The Morgan fingerprint density at radius 2 is 1.64 bits per heavy atom. The van der Waals surface area contributed by atoms with E-state index in [1.807, 2.05) is 0 Å². The van der Waals surface area contributed by atoms with Gasteiger partial charge in [-0.3, -0.25) is 4.98 Å². The molecule has 1 aliphatic heterocycles. The Balaban J connectivity index is 2.55. The lowest BCUT2D eigenvalue weighted by Crippen LogP contribution is -2.35. The summed E-state index contributed by atoms with van der Waals surface area (Å²) in [6.45, 7) is 2.90. The summed E-state index contributed by atoms with van der Waals surface area (Å²) in [4.78, 5) is 4.08. The normalized spacial score (nSPS) is 16.5. The van der Waals surface area contributed by atoms with Crippen molar-refractivity contribution in [1.82, 2.24) is 4.98 Å². The minimum absolute atomic E-state index is 0.131. The number of halogens is 6. The van der Waals surface area contributed by atoms with Crippen LogP contribution in [0.4, 0.5) is 32.0 Å². The van der Waals surface area contributed by atoms with Crippen LogP contribution in [-0.2, 0) is 6.18 Å². The summed E-state index contributed by atoms with van der Waals surface area (Å²) in [5.41, 5.74) is -1.53. The zero-order valence-electron chi connectivity index (χ0n) is 11.7. The molecule has 0 amide bonds. The number of anilines is 1. The molecule has 0 N–H and O–H groups in total. The molecule has 0 bridgehead atoms. The highest BCUT2D eigenvalue weighted by atomic mass is 19.4. The second-order valence-corrected chi connectivity index (χ2v) is 5.00. The van der Waals surface area contributed by atoms with E-state index < -0.39 is 23.7 Å². The highest BCUT2D eigenvalue weighted by Crippen LogP contribution is 2.38. The maximum atomic E-state index is 13.1. The number of aromatic nitrogens is 1. The first-order valence-corrected chi connectivity index (χ1v) is 6.26. The highest BCUT2D eigenvalue weighted by Gasteiger charge is 2.40. The van der Waals surface area contributed by atoms with E-state index in [9.17, 15) is 26.3 Å². The van der Waals surface area contributed by atoms with Gasteiger partial charge in [0.05, 0.1) is 0 Å². The first-order chi connectivity index (χ1) is 10.00. The number of nitrogens with zero attached hydrogens (tertiary/aromatic N) is 2. The second-order valence-electron chi connectivity index (χ2n) is 5.00. The number of aryl methyl sites for hydroxylation is 1. The first-order valence-electron chi connectivity index (χ1n) is 6.26. The van der Waals surface area contributed by atoms with Gasteiger partial charge in [0.15, 0.2) is 0 Å². The topological polar surface area (TPSA) is 16.1 Å². The van der Waals surface area contributed by atoms with E-state index >= 15 is 0 Å². The van der Waals surface area contributed by atoms with E-state index in [1.165, 1.54) is 13.0 Å². The van der Waals surface area contributed by atoms with E-state index in [0.29, 0.717) is 11.6 Å². The minimum atomic E-state index is -4.72. The third-order valence-corrected chi connectivity index (χ3v) is 3.17. The number of pyridine rings is 1. The Labute approximate surface area is 122 Å². The van der Waals surface area contributed by atoms with Gasteiger partial charge < -0.3 is 4.90 Å². The number of allylic oxidation sites excluding steroid dienone is 3. The quantitative estimate of drug-likeness (QED) is 0.701. The molecule has 22 heavy (non-hydrogen) atoms. The minimum Gasteiger partial charge on any atom is -0.333 e. The molecule has 0 radical (unpaired) electrons. The van der Waals surface area contributed by atoms with Crippen molar-refractivity contribution < 1.29 is 26.3 Å². The summed E-state index contributed by atoms with van der Waals surface area (Å²) in [6.07, 6.45) is -6.27. The Bertz CT molecular complexity index is 640. The fraction of sp³-hybridized carbons (Fsp3) is 0.357. The molecule has 2 nitrogen and oxygen atoms in total. The average Bonchev–Trinajstić information content (AvgIpc) is 2.36. The van der Waals surface area contributed by atoms with E-state index in [1.54, 1.807) is 6.92 Å². The van der Waals surface area contributed by atoms with Crippen LogP contribution in [0, 0.1) is 6.92 Å². The van der Waals surface area contributed by atoms with Gasteiger partial charge in [-0.15, -0.1) is 0 Å². The molecule has 2 heterocycles. The molecule has 1 aromatic rings. The summed E-state index contributed by atoms with van der Waals surface area (Å²) in [6, 6.07) is 0.646. The fourth-order valence-corrected chi connectivity index (χ4v) is 2.12. The predicted octanol–water partition coefficient (Wildman–Crippen LogP) is 4.62. The third-order valence-electron chi connectivity index (χ3n) is 3.17. The fourth-order valence-electron chi connectivity index (χ4n) is 2.12. The van der Waals surface area contributed by atoms with Gasteiger partial charge in [0.25, 0.3) is 0 Å². The van der Waals surface area contributed by atoms with Gasteiger partial charge in [0.1, 0.15) is 11.4 Å². The summed E-state index contributed by atoms with van der Waals surface area (Å²) < 4.78 is 77.5. The van der Waals surface area contributed by atoms with Gasteiger partial charge in [0, 0.05) is 18.4 Å². The number of hydrogen-bond donors (Lipinski definition) is 0. The largest absolute Gasteiger partial charge is 0.433 e. The van der Waals surface area contributed by atoms with Crippen LogP contribution in [-0.4, -0.2) is 17.7 Å². The van der Waals surface area contributed by atoms with Gasteiger partial charge in [0.2, 0.25) is 0 Å². The molecule has 0 aromatic carbocycles.